The average molecular weight is 350 g/mol. The third-order valence-corrected chi connectivity index (χ3v) is 5.07. The van der Waals surface area contributed by atoms with Crippen molar-refractivity contribution >= 4 is 11.6 Å². The number of hydrogen-bond acceptors (Lipinski definition) is 4. The number of rotatable bonds is 8. The van der Waals surface area contributed by atoms with E-state index in [-0.39, 0.29) is 17.8 Å². The Labute approximate surface area is 153 Å². The van der Waals surface area contributed by atoms with E-state index in [1.54, 1.807) is 20.0 Å². The van der Waals surface area contributed by atoms with Crippen LogP contribution in [-0.2, 0) is 9.59 Å². The molecular formula is C21H35NO3. The number of aliphatic hydroxyl groups is 1. The third-order valence-electron chi connectivity index (χ3n) is 5.07. The van der Waals surface area contributed by atoms with Gasteiger partial charge >= 0.3 is 0 Å². The van der Waals surface area contributed by atoms with Gasteiger partial charge in [0.2, 0.25) is 5.78 Å². The van der Waals surface area contributed by atoms with E-state index < -0.39 is 17.4 Å². The van der Waals surface area contributed by atoms with Crippen LogP contribution in [0.1, 0.15) is 67.7 Å². The Hall–Kier alpha value is -1.42. The summed E-state index contributed by atoms with van der Waals surface area (Å²) in [5.74, 6) is 0.213. The second-order valence-corrected chi connectivity index (χ2v) is 7.92. The number of allylic oxidation sites excluding steroid dienone is 1. The normalized spacial score (nSPS) is 26.0. The van der Waals surface area contributed by atoms with E-state index in [0.717, 1.165) is 18.4 Å². The van der Waals surface area contributed by atoms with Gasteiger partial charge in [0.05, 0.1) is 11.6 Å². The number of nitrogens with zero attached hydrogens (tertiary/aromatic N) is 1. The lowest BCUT2D eigenvalue weighted by Crippen LogP contribution is -2.59. The fourth-order valence-electron chi connectivity index (χ4n) is 3.37. The summed E-state index contributed by atoms with van der Waals surface area (Å²) < 4.78 is 0. The summed E-state index contributed by atoms with van der Waals surface area (Å²) >= 11 is 0. The zero-order valence-electron chi connectivity index (χ0n) is 16.9. The monoisotopic (exact) mass is 349 g/mol. The van der Waals surface area contributed by atoms with Crippen molar-refractivity contribution in [3.63, 3.8) is 0 Å². The molecule has 0 aromatic heterocycles. The topological polar surface area (TPSA) is 57.6 Å². The second-order valence-electron chi connectivity index (χ2n) is 7.92. The lowest BCUT2D eigenvalue weighted by molar-refractivity contribution is -0.140. The molecule has 1 aliphatic rings. The molecule has 1 heterocycles. The van der Waals surface area contributed by atoms with Crippen molar-refractivity contribution in [2.24, 2.45) is 11.8 Å². The fraction of sp³-hybridized carbons (Fsp3) is 0.714. The van der Waals surface area contributed by atoms with Gasteiger partial charge in [-0.1, -0.05) is 52.7 Å². The molecule has 0 saturated heterocycles. The SMILES string of the molecule is CCC(=O)C1=CN(CCC(C)C)C(/C(C)=C/C(C)CC)C(C)(O)C1=O. The van der Waals surface area contributed by atoms with Crippen LogP contribution in [0.25, 0.3) is 0 Å². The van der Waals surface area contributed by atoms with Crippen molar-refractivity contribution < 1.29 is 14.7 Å². The minimum Gasteiger partial charge on any atom is -0.379 e. The highest BCUT2D eigenvalue weighted by atomic mass is 16.3. The maximum absolute atomic E-state index is 12.8. The molecule has 4 nitrogen and oxygen atoms in total. The zero-order valence-corrected chi connectivity index (χ0v) is 16.9. The molecule has 0 spiro atoms. The summed E-state index contributed by atoms with van der Waals surface area (Å²) in [6.45, 7) is 14.5. The van der Waals surface area contributed by atoms with Gasteiger partial charge in [0, 0.05) is 19.2 Å². The van der Waals surface area contributed by atoms with Crippen molar-refractivity contribution in [1.82, 2.24) is 4.90 Å². The van der Waals surface area contributed by atoms with E-state index in [1.165, 1.54) is 0 Å². The number of Topliss-reactive ketones (excluding diaryl/α,β-unsaturated/α-hetero) is 2. The molecule has 0 amide bonds. The Morgan fingerprint density at radius 3 is 2.44 bits per heavy atom. The van der Waals surface area contributed by atoms with Gasteiger partial charge in [-0.3, -0.25) is 9.59 Å². The lowest BCUT2D eigenvalue weighted by Gasteiger charge is -2.44. The predicted molar refractivity (Wildman–Crippen MR) is 102 cm³/mol. The average Bonchev–Trinajstić information content (AvgIpc) is 2.54. The largest absolute Gasteiger partial charge is 0.379 e. The Bertz CT molecular complexity index is 557. The molecule has 0 aromatic carbocycles. The van der Waals surface area contributed by atoms with E-state index in [2.05, 4.69) is 33.8 Å². The van der Waals surface area contributed by atoms with E-state index in [9.17, 15) is 14.7 Å². The van der Waals surface area contributed by atoms with Crippen LogP contribution in [0.2, 0.25) is 0 Å². The number of ketones is 2. The van der Waals surface area contributed by atoms with E-state index in [4.69, 9.17) is 0 Å². The molecule has 1 aliphatic heterocycles. The van der Waals surface area contributed by atoms with Crippen LogP contribution < -0.4 is 0 Å². The summed E-state index contributed by atoms with van der Waals surface area (Å²) in [6, 6.07) is -0.429. The summed E-state index contributed by atoms with van der Waals surface area (Å²) in [4.78, 5) is 27.0. The zero-order chi connectivity index (χ0) is 19.4. The Morgan fingerprint density at radius 2 is 1.96 bits per heavy atom. The molecule has 4 heteroatoms. The molecule has 1 rings (SSSR count). The molecule has 0 aromatic rings. The van der Waals surface area contributed by atoms with Crippen LogP contribution >= 0.6 is 0 Å². The number of carbonyl (C=O) groups is 2. The van der Waals surface area contributed by atoms with Gasteiger partial charge in [-0.05, 0) is 32.1 Å². The Kier molecular flexibility index (Phi) is 7.61. The van der Waals surface area contributed by atoms with Crippen molar-refractivity contribution in [1.29, 1.82) is 0 Å². The van der Waals surface area contributed by atoms with Gasteiger partial charge in [0.1, 0.15) is 5.60 Å². The molecule has 25 heavy (non-hydrogen) atoms. The maximum atomic E-state index is 12.8. The van der Waals surface area contributed by atoms with Crippen LogP contribution in [0.3, 0.4) is 0 Å². The molecule has 3 unspecified atom stereocenters. The highest BCUT2D eigenvalue weighted by Crippen LogP contribution is 2.33. The van der Waals surface area contributed by atoms with Crippen molar-refractivity contribution in [2.75, 3.05) is 6.54 Å². The summed E-state index contributed by atoms with van der Waals surface area (Å²) in [5, 5.41) is 11.1. The molecule has 0 aliphatic carbocycles. The molecule has 142 valence electrons. The highest BCUT2D eigenvalue weighted by molar-refractivity contribution is 6.23. The summed E-state index contributed by atoms with van der Waals surface area (Å²) in [5.41, 5.74) is -0.487. The molecule has 0 saturated carbocycles. The van der Waals surface area contributed by atoms with E-state index in [1.807, 2.05) is 11.8 Å². The summed E-state index contributed by atoms with van der Waals surface area (Å²) in [7, 11) is 0. The molecular weight excluding hydrogens is 314 g/mol. The minimum absolute atomic E-state index is 0.129. The van der Waals surface area contributed by atoms with Crippen LogP contribution in [-0.4, -0.2) is 39.8 Å². The Morgan fingerprint density at radius 1 is 1.36 bits per heavy atom. The standard InChI is InChI=1S/C21H35NO3/c1-8-15(5)12-16(6)19-21(7,25)20(24)17(18(23)9-2)13-22(19)11-10-14(3)4/h12-15,19,25H,8-11H2,1-7H3/b16-12+. The molecule has 3 atom stereocenters. The van der Waals surface area contributed by atoms with Gasteiger partial charge < -0.3 is 10.0 Å². The lowest BCUT2D eigenvalue weighted by atomic mass is 9.78. The van der Waals surface area contributed by atoms with Gasteiger partial charge in [0.25, 0.3) is 0 Å². The number of carbonyl (C=O) groups excluding carboxylic acids is 2. The first kappa shape index (κ1) is 21.6. The number of hydrogen-bond donors (Lipinski definition) is 1. The maximum Gasteiger partial charge on any atom is 0.201 e. The van der Waals surface area contributed by atoms with Crippen molar-refractivity contribution in [3.8, 4) is 0 Å². The smallest absolute Gasteiger partial charge is 0.201 e. The van der Waals surface area contributed by atoms with E-state index in [0.29, 0.717) is 18.4 Å². The first-order chi connectivity index (χ1) is 11.6. The second kappa shape index (κ2) is 8.79. The third kappa shape index (κ3) is 5.04. The van der Waals surface area contributed by atoms with Crippen LogP contribution in [0.5, 0.6) is 0 Å². The van der Waals surface area contributed by atoms with Gasteiger partial charge in [0.15, 0.2) is 5.78 Å². The van der Waals surface area contributed by atoms with Gasteiger partial charge in [-0.2, -0.15) is 0 Å². The van der Waals surface area contributed by atoms with Gasteiger partial charge in [-0.15, -0.1) is 0 Å². The van der Waals surface area contributed by atoms with Crippen molar-refractivity contribution in [2.45, 2.75) is 79.4 Å². The fourth-order valence-corrected chi connectivity index (χ4v) is 3.37. The van der Waals surface area contributed by atoms with Crippen LogP contribution in [0.15, 0.2) is 23.4 Å². The highest BCUT2D eigenvalue weighted by Gasteiger charge is 2.48. The van der Waals surface area contributed by atoms with Crippen LogP contribution in [0.4, 0.5) is 0 Å². The predicted octanol–water partition coefficient (Wildman–Crippen LogP) is 3.89. The molecule has 0 radical (unpaired) electrons. The van der Waals surface area contributed by atoms with Gasteiger partial charge in [-0.25, -0.2) is 0 Å². The summed E-state index contributed by atoms with van der Waals surface area (Å²) in [6.07, 6.45) is 6.02. The molecule has 1 N–H and O–H groups in total. The Balaban J connectivity index is 3.37. The van der Waals surface area contributed by atoms with Crippen molar-refractivity contribution in [3.05, 3.63) is 23.4 Å². The first-order valence-corrected chi connectivity index (χ1v) is 9.52. The molecule has 0 fully saturated rings. The quantitative estimate of drug-likeness (QED) is 0.533. The molecule has 0 bridgehead atoms. The van der Waals surface area contributed by atoms with E-state index >= 15 is 0 Å². The first-order valence-electron chi connectivity index (χ1n) is 9.52. The minimum atomic E-state index is -1.60. The van der Waals surface area contributed by atoms with Crippen LogP contribution in [0, 0.1) is 11.8 Å².